The lowest BCUT2D eigenvalue weighted by molar-refractivity contribution is -0.144. The molecule has 0 spiro atoms. The van der Waals surface area contributed by atoms with Crippen molar-refractivity contribution in [3.63, 3.8) is 0 Å². The Morgan fingerprint density at radius 2 is 1.26 bits per heavy atom. The van der Waals surface area contributed by atoms with Crippen molar-refractivity contribution in [1.29, 1.82) is 0 Å². The van der Waals surface area contributed by atoms with Gasteiger partial charge in [-0.2, -0.15) is 0 Å². The summed E-state index contributed by atoms with van der Waals surface area (Å²) in [6.45, 7) is 13.1. The summed E-state index contributed by atoms with van der Waals surface area (Å²) in [5.74, 6) is -2.00. The van der Waals surface area contributed by atoms with Crippen LogP contribution < -0.4 is 10.6 Å². The number of hydrogen-bond donors (Lipinski definition) is 3. The number of nitrogens with zero attached hydrogens (tertiary/aromatic N) is 1. The van der Waals surface area contributed by atoms with E-state index in [1.165, 1.54) is 17.9 Å². The molecular formula is C39H49N3O5. The van der Waals surface area contributed by atoms with Crippen LogP contribution in [0.5, 0.6) is 0 Å². The van der Waals surface area contributed by atoms with Gasteiger partial charge in [0.15, 0.2) is 5.78 Å². The number of carboxylic acids is 1. The van der Waals surface area contributed by atoms with Crippen LogP contribution in [-0.4, -0.2) is 65.8 Å². The van der Waals surface area contributed by atoms with Gasteiger partial charge in [-0.1, -0.05) is 133 Å². The van der Waals surface area contributed by atoms with Gasteiger partial charge >= 0.3 is 5.97 Å². The monoisotopic (exact) mass is 639 g/mol. The lowest BCUT2D eigenvalue weighted by atomic mass is 9.74. The number of ketones is 1. The minimum atomic E-state index is -1.07. The third kappa shape index (κ3) is 8.43. The Bertz CT molecular complexity index is 1580. The molecule has 0 aliphatic rings. The Labute approximate surface area is 279 Å². The summed E-state index contributed by atoms with van der Waals surface area (Å²) in [6.07, 6.45) is 1.54. The predicted octanol–water partition coefficient (Wildman–Crippen LogP) is 5.76. The molecule has 0 heterocycles. The number of hydrogen-bond acceptors (Lipinski definition) is 5. The van der Waals surface area contributed by atoms with Gasteiger partial charge in [-0.25, -0.2) is 4.79 Å². The standard InChI is InChI=1S/C39H49N3O5/c1-25(2)31(24-26(3)37(46)47)41-35(44)34(42(9)36(45)33(40-8)38(4,5)29-18-14-11-15-19-29)39(6,7)30-22-20-28(21-23-30)32(43)27-16-12-10-13-17-27/h10-25,31,33-34,40H,1-9H3,(H,41,44)(H,46,47)/b26-24+/t31-,33-,34-/m1/s1. The van der Waals surface area contributed by atoms with Crippen molar-refractivity contribution in [1.82, 2.24) is 15.5 Å². The summed E-state index contributed by atoms with van der Waals surface area (Å²) in [6, 6.07) is 23.6. The van der Waals surface area contributed by atoms with E-state index in [2.05, 4.69) is 10.6 Å². The van der Waals surface area contributed by atoms with E-state index in [1.807, 2.05) is 102 Å². The molecule has 8 nitrogen and oxygen atoms in total. The first-order valence-corrected chi connectivity index (χ1v) is 16.0. The van der Waals surface area contributed by atoms with E-state index in [9.17, 15) is 24.3 Å². The SMILES string of the molecule is CN[C@H](C(=O)N(C)[C@H](C(=O)N[C@H](/C=C(\C)C(=O)O)C(C)C)C(C)(C)c1ccc(C(=O)c2ccccc2)cc1)C(C)(C)c1ccccc1. The van der Waals surface area contributed by atoms with Gasteiger partial charge in [-0.3, -0.25) is 14.4 Å². The Kier molecular flexibility index (Phi) is 12.1. The van der Waals surface area contributed by atoms with Crippen molar-refractivity contribution < 1.29 is 24.3 Å². The Morgan fingerprint density at radius 1 is 0.766 bits per heavy atom. The lowest BCUT2D eigenvalue weighted by Crippen LogP contribution is -2.63. The number of carboxylic acid groups (broad SMARTS) is 1. The second kappa shape index (κ2) is 15.4. The highest BCUT2D eigenvalue weighted by atomic mass is 16.4. The highest BCUT2D eigenvalue weighted by Crippen LogP contribution is 2.34. The molecule has 0 saturated heterocycles. The number of rotatable bonds is 14. The molecule has 3 aromatic carbocycles. The van der Waals surface area contributed by atoms with E-state index in [0.29, 0.717) is 11.1 Å². The molecule has 3 rings (SSSR count). The van der Waals surface area contributed by atoms with Crippen LogP contribution in [0.3, 0.4) is 0 Å². The third-order valence-electron chi connectivity index (χ3n) is 9.16. The van der Waals surface area contributed by atoms with Crippen LogP contribution in [0.4, 0.5) is 0 Å². The summed E-state index contributed by atoms with van der Waals surface area (Å²) < 4.78 is 0. The summed E-state index contributed by atoms with van der Waals surface area (Å²) >= 11 is 0. The van der Waals surface area contributed by atoms with Gasteiger partial charge in [0.1, 0.15) is 6.04 Å². The van der Waals surface area contributed by atoms with Crippen molar-refractivity contribution in [3.8, 4) is 0 Å². The first-order chi connectivity index (χ1) is 22.0. The summed E-state index contributed by atoms with van der Waals surface area (Å²) in [5, 5.41) is 15.8. The van der Waals surface area contributed by atoms with Gasteiger partial charge in [0.2, 0.25) is 11.8 Å². The highest BCUT2D eigenvalue weighted by molar-refractivity contribution is 6.09. The molecular weight excluding hydrogens is 590 g/mol. The second-order valence-electron chi connectivity index (χ2n) is 13.6. The fourth-order valence-corrected chi connectivity index (χ4v) is 6.10. The van der Waals surface area contributed by atoms with Crippen LogP contribution >= 0.6 is 0 Å². The maximum Gasteiger partial charge on any atom is 0.331 e. The van der Waals surface area contributed by atoms with E-state index in [-0.39, 0.29) is 23.2 Å². The van der Waals surface area contributed by atoms with Crippen molar-refractivity contribution in [2.24, 2.45) is 5.92 Å². The smallest absolute Gasteiger partial charge is 0.331 e. The molecule has 47 heavy (non-hydrogen) atoms. The van der Waals surface area contributed by atoms with Crippen molar-refractivity contribution >= 4 is 23.6 Å². The van der Waals surface area contributed by atoms with Crippen molar-refractivity contribution in [2.45, 2.75) is 77.4 Å². The molecule has 3 N–H and O–H groups in total. The van der Waals surface area contributed by atoms with Gasteiger partial charge in [0.05, 0.1) is 12.1 Å². The van der Waals surface area contributed by atoms with E-state index in [4.69, 9.17) is 0 Å². The number of carbonyl (C=O) groups is 4. The Balaban J connectivity index is 2.08. The van der Waals surface area contributed by atoms with Gasteiger partial charge in [0, 0.05) is 34.6 Å². The molecule has 0 fully saturated rings. The molecule has 0 radical (unpaired) electrons. The second-order valence-corrected chi connectivity index (χ2v) is 13.6. The maximum absolute atomic E-state index is 14.5. The lowest BCUT2D eigenvalue weighted by Gasteiger charge is -2.43. The maximum atomic E-state index is 14.5. The van der Waals surface area contributed by atoms with Crippen LogP contribution in [0, 0.1) is 5.92 Å². The summed E-state index contributed by atoms with van der Waals surface area (Å²) in [7, 11) is 3.37. The number of benzene rings is 3. The fraction of sp³-hybridized carbons (Fsp3) is 0.385. The fourth-order valence-electron chi connectivity index (χ4n) is 6.10. The molecule has 8 heteroatoms. The number of likely N-dealkylation sites (N-methyl/N-ethyl adjacent to an activating group) is 2. The van der Waals surface area contributed by atoms with Gasteiger partial charge in [-0.05, 0) is 31.0 Å². The van der Waals surface area contributed by atoms with Crippen LogP contribution in [-0.2, 0) is 25.2 Å². The zero-order valence-corrected chi connectivity index (χ0v) is 29.0. The summed E-state index contributed by atoms with van der Waals surface area (Å²) in [5.41, 5.74) is 1.35. The molecule has 0 saturated carbocycles. The zero-order chi connectivity index (χ0) is 35.1. The quantitative estimate of drug-likeness (QED) is 0.153. The number of aliphatic carboxylic acids is 1. The normalized spacial score (nSPS) is 14.2. The topological polar surface area (TPSA) is 116 Å². The molecule has 0 aromatic heterocycles. The minimum Gasteiger partial charge on any atom is -0.478 e. The van der Waals surface area contributed by atoms with Crippen LogP contribution in [0.1, 0.15) is 75.5 Å². The van der Waals surface area contributed by atoms with Gasteiger partial charge in [0.25, 0.3) is 0 Å². The zero-order valence-electron chi connectivity index (χ0n) is 29.0. The largest absolute Gasteiger partial charge is 0.478 e. The molecule has 0 bridgehead atoms. The average Bonchev–Trinajstić information content (AvgIpc) is 3.04. The average molecular weight is 640 g/mol. The number of amides is 2. The van der Waals surface area contributed by atoms with Crippen LogP contribution in [0.15, 0.2) is 96.6 Å². The molecule has 3 aromatic rings. The van der Waals surface area contributed by atoms with Crippen LogP contribution in [0.2, 0.25) is 0 Å². The molecule has 250 valence electrons. The molecule has 0 aliphatic carbocycles. The Hall–Kier alpha value is -4.56. The van der Waals surface area contributed by atoms with E-state index < -0.39 is 40.8 Å². The first kappa shape index (κ1) is 36.9. The number of nitrogens with one attached hydrogen (secondary N) is 2. The number of carbonyl (C=O) groups excluding carboxylic acids is 3. The minimum absolute atomic E-state index is 0.114. The molecule has 0 aliphatic heterocycles. The van der Waals surface area contributed by atoms with Crippen molar-refractivity contribution in [3.05, 3.63) is 119 Å². The van der Waals surface area contributed by atoms with Gasteiger partial charge < -0.3 is 20.6 Å². The third-order valence-corrected chi connectivity index (χ3v) is 9.16. The van der Waals surface area contributed by atoms with E-state index in [0.717, 1.165) is 11.1 Å². The first-order valence-electron chi connectivity index (χ1n) is 16.0. The van der Waals surface area contributed by atoms with Gasteiger partial charge in [-0.15, -0.1) is 0 Å². The van der Waals surface area contributed by atoms with E-state index >= 15 is 0 Å². The van der Waals surface area contributed by atoms with Crippen molar-refractivity contribution in [2.75, 3.05) is 14.1 Å². The highest BCUT2D eigenvalue weighted by Gasteiger charge is 2.46. The molecule has 3 atom stereocenters. The Morgan fingerprint density at radius 3 is 1.74 bits per heavy atom. The molecule has 0 unspecified atom stereocenters. The summed E-state index contributed by atoms with van der Waals surface area (Å²) in [4.78, 5) is 55.1. The van der Waals surface area contributed by atoms with E-state index in [1.54, 1.807) is 38.4 Å². The van der Waals surface area contributed by atoms with Crippen LogP contribution in [0.25, 0.3) is 0 Å². The molecule has 2 amide bonds. The predicted molar refractivity (Wildman–Crippen MR) is 186 cm³/mol.